The van der Waals surface area contributed by atoms with Gasteiger partial charge in [0.2, 0.25) is 0 Å². The van der Waals surface area contributed by atoms with Crippen LogP contribution in [0.3, 0.4) is 0 Å². The number of hydrogen-bond acceptors (Lipinski definition) is 5. The smallest absolute Gasteiger partial charge is 0.326 e. The summed E-state index contributed by atoms with van der Waals surface area (Å²) in [6.07, 6.45) is 0. The van der Waals surface area contributed by atoms with Gasteiger partial charge in [-0.25, -0.2) is 9.78 Å². The normalized spacial score (nSPS) is 11.2. The van der Waals surface area contributed by atoms with Crippen molar-refractivity contribution in [2.45, 2.75) is 33.9 Å². The van der Waals surface area contributed by atoms with E-state index < -0.39 is 0 Å². The number of fused-ring (bicyclic) bond motifs is 1. The molecule has 0 atom stereocenters. The lowest BCUT2D eigenvalue weighted by Crippen LogP contribution is -2.22. The van der Waals surface area contributed by atoms with Gasteiger partial charge in [0.25, 0.3) is 5.91 Å². The number of H-pyrrole nitrogens is 1. The van der Waals surface area contributed by atoms with Crippen LogP contribution in [0.25, 0.3) is 11.0 Å². The molecule has 0 fully saturated rings. The number of rotatable bonds is 7. The van der Waals surface area contributed by atoms with E-state index in [1.165, 1.54) is 0 Å². The highest BCUT2D eigenvalue weighted by molar-refractivity contribution is 7.11. The fourth-order valence-corrected chi connectivity index (χ4v) is 3.70. The minimum absolute atomic E-state index is 0.180. The molecule has 0 saturated carbocycles. The Morgan fingerprint density at radius 2 is 2.19 bits per heavy atom. The summed E-state index contributed by atoms with van der Waals surface area (Å²) in [7, 11) is 0. The van der Waals surface area contributed by atoms with Crippen molar-refractivity contribution in [2.75, 3.05) is 13.2 Å². The molecule has 138 valence electrons. The molecule has 0 unspecified atom stereocenters. The molecular formula is C18H22N4O3S. The molecule has 8 heteroatoms. The number of nitrogens with one attached hydrogen (secondary N) is 2. The van der Waals surface area contributed by atoms with Gasteiger partial charge in [0.05, 0.1) is 41.4 Å². The molecule has 7 nitrogen and oxygen atoms in total. The lowest BCUT2D eigenvalue weighted by Gasteiger charge is -2.06. The molecule has 0 bridgehead atoms. The fourth-order valence-electron chi connectivity index (χ4n) is 2.83. The van der Waals surface area contributed by atoms with Crippen LogP contribution < -0.4 is 11.0 Å². The van der Waals surface area contributed by atoms with Crippen molar-refractivity contribution >= 4 is 28.3 Å². The zero-order valence-electron chi connectivity index (χ0n) is 15.1. The number of carbonyl (C=O) groups is 1. The second-order valence-corrected chi connectivity index (χ2v) is 7.22. The standard InChI is InChI=1S/C18H22N4O3S/c1-4-25-8-7-22-15-6-5-13(9-14(15)21-18(22)24)17(23)19-10-16-11(2)20-12(3)26-16/h5-6,9H,4,7-8,10H2,1-3H3,(H,19,23)(H,21,24). The van der Waals surface area contributed by atoms with Gasteiger partial charge in [-0.1, -0.05) is 0 Å². The first-order chi connectivity index (χ1) is 12.5. The van der Waals surface area contributed by atoms with Gasteiger partial charge in [0, 0.05) is 17.0 Å². The first-order valence-electron chi connectivity index (χ1n) is 8.51. The van der Waals surface area contributed by atoms with Gasteiger partial charge < -0.3 is 15.0 Å². The maximum atomic E-state index is 12.4. The minimum Gasteiger partial charge on any atom is -0.380 e. The molecular weight excluding hydrogens is 352 g/mol. The van der Waals surface area contributed by atoms with E-state index in [2.05, 4.69) is 15.3 Å². The Labute approximate surface area is 155 Å². The van der Waals surface area contributed by atoms with Gasteiger partial charge in [-0.15, -0.1) is 11.3 Å². The quantitative estimate of drug-likeness (QED) is 0.622. The average Bonchev–Trinajstić information content (AvgIpc) is 3.10. The lowest BCUT2D eigenvalue weighted by atomic mass is 10.2. The molecule has 0 aliphatic heterocycles. The van der Waals surface area contributed by atoms with Crippen LogP contribution in [0.15, 0.2) is 23.0 Å². The van der Waals surface area contributed by atoms with Crippen molar-refractivity contribution in [3.63, 3.8) is 0 Å². The lowest BCUT2D eigenvalue weighted by molar-refractivity contribution is 0.0951. The predicted molar refractivity (Wildman–Crippen MR) is 102 cm³/mol. The molecule has 0 aliphatic rings. The van der Waals surface area contributed by atoms with Crippen molar-refractivity contribution < 1.29 is 9.53 Å². The third-order valence-electron chi connectivity index (χ3n) is 4.11. The maximum absolute atomic E-state index is 12.4. The van der Waals surface area contributed by atoms with Gasteiger partial charge in [-0.05, 0) is 39.0 Å². The fraction of sp³-hybridized carbons (Fsp3) is 0.389. The number of aromatic amines is 1. The number of nitrogens with zero attached hydrogens (tertiary/aromatic N) is 2. The Morgan fingerprint density at radius 3 is 2.88 bits per heavy atom. The summed E-state index contributed by atoms with van der Waals surface area (Å²) in [5, 5.41) is 3.90. The Kier molecular flexibility index (Phi) is 5.53. The topological polar surface area (TPSA) is 89.0 Å². The second-order valence-electron chi connectivity index (χ2n) is 5.93. The highest BCUT2D eigenvalue weighted by Crippen LogP contribution is 2.17. The maximum Gasteiger partial charge on any atom is 0.326 e. The molecule has 3 aromatic rings. The highest BCUT2D eigenvalue weighted by atomic mass is 32.1. The number of carbonyl (C=O) groups excluding carboxylic acids is 1. The van der Waals surface area contributed by atoms with Gasteiger partial charge in [-0.3, -0.25) is 9.36 Å². The van der Waals surface area contributed by atoms with E-state index in [9.17, 15) is 9.59 Å². The average molecular weight is 374 g/mol. The molecule has 0 spiro atoms. The van der Waals surface area contributed by atoms with Gasteiger partial charge in [0.15, 0.2) is 0 Å². The van der Waals surface area contributed by atoms with E-state index in [1.807, 2.05) is 20.8 Å². The number of benzene rings is 1. The summed E-state index contributed by atoms with van der Waals surface area (Å²) in [6.45, 7) is 7.80. The summed E-state index contributed by atoms with van der Waals surface area (Å²) in [4.78, 5) is 32.8. The predicted octanol–water partition coefficient (Wildman–Crippen LogP) is 2.37. The number of aromatic nitrogens is 3. The van der Waals surface area contributed by atoms with Gasteiger partial charge in [0.1, 0.15) is 0 Å². The van der Waals surface area contributed by atoms with Crippen molar-refractivity contribution in [3.8, 4) is 0 Å². The van der Waals surface area contributed by atoms with E-state index >= 15 is 0 Å². The number of aryl methyl sites for hydroxylation is 2. The molecule has 2 heterocycles. The van der Waals surface area contributed by atoms with Crippen LogP contribution in [-0.2, 0) is 17.8 Å². The van der Waals surface area contributed by atoms with Gasteiger partial charge in [-0.2, -0.15) is 0 Å². The van der Waals surface area contributed by atoms with Crippen molar-refractivity contribution in [1.29, 1.82) is 0 Å². The van der Waals surface area contributed by atoms with E-state index in [0.717, 1.165) is 21.1 Å². The molecule has 1 aromatic carbocycles. The van der Waals surface area contributed by atoms with E-state index in [-0.39, 0.29) is 11.6 Å². The SMILES string of the molecule is CCOCCn1c(=O)[nH]c2cc(C(=O)NCc3sc(C)nc3C)ccc21. The number of hydrogen-bond donors (Lipinski definition) is 2. The number of ether oxygens (including phenoxy) is 1. The minimum atomic E-state index is -0.201. The summed E-state index contributed by atoms with van der Waals surface area (Å²) in [5.41, 5.74) is 2.66. The van der Waals surface area contributed by atoms with Crippen LogP contribution in [0.5, 0.6) is 0 Å². The summed E-state index contributed by atoms with van der Waals surface area (Å²) < 4.78 is 6.94. The largest absolute Gasteiger partial charge is 0.380 e. The Morgan fingerprint density at radius 1 is 1.38 bits per heavy atom. The van der Waals surface area contributed by atoms with Crippen LogP contribution in [0, 0.1) is 13.8 Å². The van der Waals surface area contributed by atoms with E-state index in [1.54, 1.807) is 34.1 Å². The van der Waals surface area contributed by atoms with Crippen LogP contribution in [-0.4, -0.2) is 33.7 Å². The third kappa shape index (κ3) is 3.86. The Balaban J connectivity index is 1.75. The Hall–Kier alpha value is -2.45. The van der Waals surface area contributed by atoms with Gasteiger partial charge >= 0.3 is 5.69 Å². The number of amides is 1. The van der Waals surface area contributed by atoms with Crippen molar-refractivity contribution in [2.24, 2.45) is 0 Å². The molecule has 2 N–H and O–H groups in total. The molecule has 2 aromatic heterocycles. The van der Waals surface area contributed by atoms with Crippen LogP contribution >= 0.6 is 11.3 Å². The summed E-state index contributed by atoms with van der Waals surface area (Å²) in [5.74, 6) is -0.180. The van der Waals surface area contributed by atoms with Crippen molar-refractivity contribution in [3.05, 3.63) is 49.8 Å². The molecule has 0 saturated heterocycles. The molecule has 0 aliphatic carbocycles. The highest BCUT2D eigenvalue weighted by Gasteiger charge is 2.12. The van der Waals surface area contributed by atoms with Crippen molar-refractivity contribution in [1.82, 2.24) is 19.9 Å². The molecule has 26 heavy (non-hydrogen) atoms. The zero-order chi connectivity index (χ0) is 18.7. The molecule has 3 rings (SSSR count). The summed E-state index contributed by atoms with van der Waals surface area (Å²) in [6, 6.07) is 5.22. The number of thiazole rings is 1. The Bertz CT molecular complexity index is 986. The molecule has 1 amide bonds. The van der Waals surface area contributed by atoms with E-state index in [4.69, 9.17) is 4.74 Å². The zero-order valence-corrected chi connectivity index (χ0v) is 15.9. The van der Waals surface area contributed by atoms with Crippen LogP contribution in [0.4, 0.5) is 0 Å². The second kappa shape index (κ2) is 7.84. The number of imidazole rings is 1. The van der Waals surface area contributed by atoms with Crippen LogP contribution in [0.2, 0.25) is 0 Å². The molecule has 0 radical (unpaired) electrons. The van der Waals surface area contributed by atoms with Crippen LogP contribution in [0.1, 0.15) is 32.9 Å². The summed E-state index contributed by atoms with van der Waals surface area (Å²) >= 11 is 1.58. The first kappa shape index (κ1) is 18.3. The first-order valence-corrected chi connectivity index (χ1v) is 9.32. The monoisotopic (exact) mass is 374 g/mol. The van der Waals surface area contributed by atoms with E-state index in [0.29, 0.717) is 37.4 Å². The third-order valence-corrected chi connectivity index (χ3v) is 5.18.